The number of nitrogens with one attached hydrogen (secondary N) is 2. The summed E-state index contributed by atoms with van der Waals surface area (Å²) in [7, 11) is 0. The Kier molecular flexibility index (Phi) is 6.63. The van der Waals surface area contributed by atoms with Crippen LogP contribution in [0, 0.1) is 13.8 Å². The van der Waals surface area contributed by atoms with Crippen molar-refractivity contribution in [3.63, 3.8) is 0 Å². The number of amides is 2. The van der Waals surface area contributed by atoms with E-state index in [0.29, 0.717) is 5.75 Å². The number of carbonyl (C=O) groups is 2. The molecule has 5 nitrogen and oxygen atoms in total. The molecule has 0 aliphatic carbocycles. The Morgan fingerprint density at radius 1 is 0.828 bits per heavy atom. The summed E-state index contributed by atoms with van der Waals surface area (Å²) in [5, 5.41) is 0. The van der Waals surface area contributed by atoms with E-state index in [2.05, 4.69) is 10.9 Å². The molecule has 3 aromatic rings. The number of hydrogen-bond donors (Lipinski definition) is 2. The zero-order valence-electron chi connectivity index (χ0n) is 16.5. The van der Waals surface area contributed by atoms with E-state index in [1.165, 1.54) is 0 Å². The van der Waals surface area contributed by atoms with Crippen molar-refractivity contribution in [1.29, 1.82) is 0 Å². The van der Waals surface area contributed by atoms with Crippen molar-refractivity contribution >= 4 is 11.8 Å². The first-order chi connectivity index (χ1) is 14.0. The maximum absolute atomic E-state index is 12.9. The Bertz CT molecular complexity index is 932. The van der Waals surface area contributed by atoms with Gasteiger partial charge in [0.15, 0.2) is 6.61 Å². The van der Waals surface area contributed by atoms with Crippen LogP contribution in [0.5, 0.6) is 5.75 Å². The zero-order chi connectivity index (χ0) is 20.6. The molecule has 0 fully saturated rings. The standard InChI is InChI=1S/C24H24N2O3/c1-17-13-14-18(2)21(15-17)29-16-22(27)25-26-24(28)23(19-9-5-3-6-10-19)20-11-7-4-8-12-20/h3-15,23H,16H2,1-2H3,(H,25,27)(H,26,28). The van der Waals surface area contributed by atoms with Gasteiger partial charge in [0.2, 0.25) is 5.91 Å². The predicted octanol–water partition coefficient (Wildman–Crippen LogP) is 3.66. The molecule has 0 spiro atoms. The summed E-state index contributed by atoms with van der Waals surface area (Å²) in [4.78, 5) is 25.0. The third kappa shape index (κ3) is 5.45. The molecule has 148 valence electrons. The molecule has 0 bridgehead atoms. The van der Waals surface area contributed by atoms with E-state index in [-0.39, 0.29) is 12.5 Å². The second kappa shape index (κ2) is 9.55. The third-order valence-corrected chi connectivity index (χ3v) is 4.56. The molecule has 0 aliphatic rings. The second-order valence-corrected chi connectivity index (χ2v) is 6.85. The molecule has 3 aromatic carbocycles. The van der Waals surface area contributed by atoms with Crippen LogP contribution < -0.4 is 15.6 Å². The van der Waals surface area contributed by atoms with Gasteiger partial charge in [0.1, 0.15) is 5.75 Å². The van der Waals surface area contributed by atoms with Crippen LogP contribution in [0.3, 0.4) is 0 Å². The van der Waals surface area contributed by atoms with Crippen molar-refractivity contribution in [2.24, 2.45) is 0 Å². The average molecular weight is 388 g/mol. The average Bonchev–Trinajstić information content (AvgIpc) is 2.74. The van der Waals surface area contributed by atoms with Gasteiger partial charge in [-0.15, -0.1) is 0 Å². The number of rotatable bonds is 6. The van der Waals surface area contributed by atoms with Gasteiger partial charge in [-0.25, -0.2) is 0 Å². The second-order valence-electron chi connectivity index (χ2n) is 6.85. The van der Waals surface area contributed by atoms with Crippen molar-refractivity contribution < 1.29 is 14.3 Å². The summed E-state index contributed by atoms with van der Waals surface area (Å²) in [5.74, 6) is -0.628. The van der Waals surface area contributed by atoms with Gasteiger partial charge in [-0.05, 0) is 42.2 Å². The molecule has 2 amide bonds. The Labute approximate surface area is 170 Å². The highest BCUT2D eigenvalue weighted by Gasteiger charge is 2.22. The fourth-order valence-electron chi connectivity index (χ4n) is 3.03. The Hall–Kier alpha value is -3.60. The Balaban J connectivity index is 1.63. The largest absolute Gasteiger partial charge is 0.483 e. The highest BCUT2D eigenvalue weighted by atomic mass is 16.5. The van der Waals surface area contributed by atoms with Gasteiger partial charge in [0.25, 0.3) is 5.91 Å². The van der Waals surface area contributed by atoms with E-state index < -0.39 is 11.8 Å². The maximum Gasteiger partial charge on any atom is 0.276 e. The molecule has 29 heavy (non-hydrogen) atoms. The van der Waals surface area contributed by atoms with E-state index >= 15 is 0 Å². The fraction of sp³-hybridized carbons (Fsp3) is 0.167. The number of benzene rings is 3. The first kappa shape index (κ1) is 20.1. The number of hydrogen-bond acceptors (Lipinski definition) is 3. The van der Waals surface area contributed by atoms with Crippen molar-refractivity contribution in [2.75, 3.05) is 6.61 Å². The summed E-state index contributed by atoms with van der Waals surface area (Å²) in [6.45, 7) is 3.69. The van der Waals surface area contributed by atoms with Gasteiger partial charge in [0, 0.05) is 0 Å². The van der Waals surface area contributed by atoms with Crippen molar-refractivity contribution in [3.8, 4) is 5.75 Å². The molecule has 0 atom stereocenters. The smallest absolute Gasteiger partial charge is 0.276 e. The van der Waals surface area contributed by atoms with Gasteiger partial charge >= 0.3 is 0 Å². The van der Waals surface area contributed by atoms with E-state index in [9.17, 15) is 9.59 Å². The summed E-state index contributed by atoms with van der Waals surface area (Å²) in [6, 6.07) is 24.7. The minimum atomic E-state index is -0.530. The van der Waals surface area contributed by atoms with Crippen LogP contribution in [0.1, 0.15) is 28.2 Å². The van der Waals surface area contributed by atoms with Crippen LogP contribution in [0.2, 0.25) is 0 Å². The Morgan fingerprint density at radius 2 is 1.41 bits per heavy atom. The van der Waals surface area contributed by atoms with Crippen molar-refractivity contribution in [3.05, 3.63) is 101 Å². The first-order valence-electron chi connectivity index (χ1n) is 9.43. The number of aryl methyl sites for hydroxylation is 2. The topological polar surface area (TPSA) is 67.4 Å². The zero-order valence-corrected chi connectivity index (χ0v) is 16.5. The van der Waals surface area contributed by atoms with E-state index in [1.54, 1.807) is 0 Å². The molecular weight excluding hydrogens is 364 g/mol. The molecular formula is C24H24N2O3. The van der Waals surface area contributed by atoms with Crippen LogP contribution in [0.4, 0.5) is 0 Å². The maximum atomic E-state index is 12.9. The lowest BCUT2D eigenvalue weighted by atomic mass is 9.91. The summed E-state index contributed by atoms with van der Waals surface area (Å²) in [5.41, 5.74) is 8.65. The highest BCUT2D eigenvalue weighted by Crippen LogP contribution is 2.24. The molecule has 0 heterocycles. The molecule has 0 aromatic heterocycles. The van der Waals surface area contributed by atoms with Gasteiger partial charge in [-0.2, -0.15) is 0 Å². The van der Waals surface area contributed by atoms with Gasteiger partial charge < -0.3 is 4.74 Å². The fourth-order valence-corrected chi connectivity index (χ4v) is 3.03. The number of carbonyl (C=O) groups excluding carboxylic acids is 2. The minimum absolute atomic E-state index is 0.189. The minimum Gasteiger partial charge on any atom is -0.483 e. The molecule has 0 unspecified atom stereocenters. The lowest BCUT2D eigenvalue weighted by molar-refractivity contribution is -0.130. The first-order valence-corrected chi connectivity index (χ1v) is 9.43. The predicted molar refractivity (Wildman–Crippen MR) is 112 cm³/mol. The van der Waals surface area contributed by atoms with Gasteiger partial charge in [-0.3, -0.25) is 20.4 Å². The SMILES string of the molecule is Cc1ccc(C)c(OCC(=O)NNC(=O)C(c2ccccc2)c2ccccc2)c1. The highest BCUT2D eigenvalue weighted by molar-refractivity contribution is 5.89. The molecule has 0 aliphatic heterocycles. The quantitative estimate of drug-likeness (QED) is 0.633. The molecule has 3 rings (SSSR count). The van der Waals surface area contributed by atoms with Crippen LogP contribution in [-0.4, -0.2) is 18.4 Å². The third-order valence-electron chi connectivity index (χ3n) is 4.56. The van der Waals surface area contributed by atoms with Gasteiger partial charge in [0.05, 0.1) is 5.92 Å². The molecule has 0 radical (unpaired) electrons. The van der Waals surface area contributed by atoms with E-state index in [0.717, 1.165) is 22.3 Å². The van der Waals surface area contributed by atoms with Crippen LogP contribution >= 0.6 is 0 Å². The summed E-state index contributed by atoms with van der Waals surface area (Å²) < 4.78 is 5.58. The normalized spacial score (nSPS) is 10.4. The van der Waals surface area contributed by atoms with E-state index in [4.69, 9.17) is 4.74 Å². The molecule has 5 heteroatoms. The Morgan fingerprint density at radius 3 is 2.00 bits per heavy atom. The lowest BCUT2D eigenvalue weighted by Gasteiger charge is -2.18. The lowest BCUT2D eigenvalue weighted by Crippen LogP contribution is -2.46. The van der Waals surface area contributed by atoms with E-state index in [1.807, 2.05) is 92.7 Å². The number of ether oxygens (including phenoxy) is 1. The van der Waals surface area contributed by atoms with Crippen LogP contribution in [0.25, 0.3) is 0 Å². The molecule has 2 N–H and O–H groups in total. The summed E-state index contributed by atoms with van der Waals surface area (Å²) >= 11 is 0. The van der Waals surface area contributed by atoms with Crippen LogP contribution in [-0.2, 0) is 9.59 Å². The monoisotopic (exact) mass is 388 g/mol. The molecule has 0 saturated heterocycles. The van der Waals surface area contributed by atoms with Crippen LogP contribution in [0.15, 0.2) is 78.9 Å². The van der Waals surface area contributed by atoms with Gasteiger partial charge in [-0.1, -0.05) is 72.8 Å². The van der Waals surface area contributed by atoms with Crippen molar-refractivity contribution in [2.45, 2.75) is 19.8 Å². The van der Waals surface area contributed by atoms with Crippen molar-refractivity contribution in [1.82, 2.24) is 10.9 Å². The number of hydrazine groups is 1. The molecule has 0 saturated carbocycles. The summed E-state index contributed by atoms with van der Waals surface area (Å²) in [6.07, 6.45) is 0.